The lowest BCUT2D eigenvalue weighted by Gasteiger charge is -2.12. The molecule has 2 heterocycles. The molecule has 1 amide bonds. The van der Waals surface area contributed by atoms with Gasteiger partial charge in [0, 0.05) is 17.3 Å². The molecule has 0 bridgehead atoms. The van der Waals surface area contributed by atoms with Crippen LogP contribution in [0.3, 0.4) is 0 Å². The number of carbonyl (C=O) groups excluding carboxylic acids is 1. The zero-order valence-corrected chi connectivity index (χ0v) is 16.1. The fourth-order valence-electron chi connectivity index (χ4n) is 3.44. The SMILES string of the molecule is COc1cccc(-c2cc(C)n3cnc(C(=O)NC(C)C4CC4)c3n2)c1C#N. The molecule has 1 saturated carbocycles. The van der Waals surface area contributed by atoms with Crippen molar-refractivity contribution in [1.29, 1.82) is 5.26 Å². The Bertz CT molecular complexity index is 1110. The van der Waals surface area contributed by atoms with Gasteiger partial charge in [-0.2, -0.15) is 5.26 Å². The molecule has 1 unspecified atom stereocenters. The van der Waals surface area contributed by atoms with Gasteiger partial charge in [-0.3, -0.25) is 9.20 Å². The summed E-state index contributed by atoms with van der Waals surface area (Å²) in [6.07, 6.45) is 3.91. The molecule has 1 fully saturated rings. The molecule has 0 saturated heterocycles. The highest BCUT2D eigenvalue weighted by Gasteiger charge is 2.30. The van der Waals surface area contributed by atoms with E-state index in [1.54, 1.807) is 16.8 Å². The van der Waals surface area contributed by atoms with E-state index in [0.717, 1.165) is 18.5 Å². The van der Waals surface area contributed by atoms with Crippen molar-refractivity contribution >= 4 is 11.6 Å². The van der Waals surface area contributed by atoms with E-state index < -0.39 is 0 Å². The highest BCUT2D eigenvalue weighted by atomic mass is 16.5. The third-order valence-electron chi connectivity index (χ3n) is 5.23. The van der Waals surface area contributed by atoms with Crippen LogP contribution < -0.4 is 10.1 Å². The van der Waals surface area contributed by atoms with Crippen LogP contribution in [0.15, 0.2) is 30.6 Å². The van der Waals surface area contributed by atoms with Gasteiger partial charge in [0.05, 0.1) is 12.8 Å². The molecular weight excluding hydrogens is 354 g/mol. The molecule has 7 nitrogen and oxygen atoms in total. The fourth-order valence-corrected chi connectivity index (χ4v) is 3.44. The number of hydrogen-bond acceptors (Lipinski definition) is 5. The first-order valence-corrected chi connectivity index (χ1v) is 9.26. The zero-order valence-electron chi connectivity index (χ0n) is 16.1. The summed E-state index contributed by atoms with van der Waals surface area (Å²) in [5, 5.41) is 12.6. The summed E-state index contributed by atoms with van der Waals surface area (Å²) in [5.41, 5.74) is 3.31. The number of imidazole rings is 1. The highest BCUT2D eigenvalue weighted by Crippen LogP contribution is 2.33. The van der Waals surface area contributed by atoms with Crippen LogP contribution in [0.1, 0.15) is 41.5 Å². The second-order valence-corrected chi connectivity index (χ2v) is 7.16. The van der Waals surface area contributed by atoms with Crippen LogP contribution in [0.4, 0.5) is 0 Å². The molecule has 1 aliphatic carbocycles. The number of benzene rings is 1. The Balaban J connectivity index is 1.80. The molecule has 3 aromatic rings. The van der Waals surface area contributed by atoms with Gasteiger partial charge < -0.3 is 10.1 Å². The van der Waals surface area contributed by atoms with E-state index in [2.05, 4.69) is 21.4 Å². The number of nitriles is 1. The number of aryl methyl sites for hydroxylation is 1. The van der Waals surface area contributed by atoms with Crippen LogP contribution in [-0.4, -0.2) is 33.4 Å². The average Bonchev–Trinajstić information content (AvgIpc) is 3.46. The number of nitrogens with zero attached hydrogens (tertiary/aromatic N) is 4. The number of rotatable bonds is 5. The van der Waals surface area contributed by atoms with Crippen LogP contribution in [0.25, 0.3) is 16.9 Å². The van der Waals surface area contributed by atoms with Gasteiger partial charge in [0.25, 0.3) is 5.91 Å². The number of amides is 1. The molecule has 1 N–H and O–H groups in total. The zero-order chi connectivity index (χ0) is 19.8. The quantitative estimate of drug-likeness (QED) is 0.740. The fraction of sp³-hybridized carbons (Fsp3) is 0.333. The standard InChI is InChI=1S/C21H21N5O2/c1-12-9-17(15-5-4-6-18(28-3)16(15)10-22)25-20-19(23-11-26(12)20)21(27)24-13(2)14-7-8-14/h4-6,9,11,13-14H,7-8H2,1-3H3,(H,24,27). The van der Waals surface area contributed by atoms with Gasteiger partial charge >= 0.3 is 0 Å². The van der Waals surface area contributed by atoms with E-state index in [9.17, 15) is 10.1 Å². The number of nitrogens with one attached hydrogen (secondary N) is 1. The van der Waals surface area contributed by atoms with Crippen LogP contribution in [-0.2, 0) is 0 Å². The van der Waals surface area contributed by atoms with E-state index >= 15 is 0 Å². The maximum atomic E-state index is 12.7. The molecule has 142 valence electrons. The van der Waals surface area contributed by atoms with Crippen molar-refractivity contribution in [2.45, 2.75) is 32.7 Å². The molecule has 0 spiro atoms. The molecule has 2 aromatic heterocycles. The van der Waals surface area contributed by atoms with Gasteiger partial charge in [0.1, 0.15) is 23.7 Å². The average molecular weight is 375 g/mol. The minimum absolute atomic E-state index is 0.122. The van der Waals surface area contributed by atoms with Gasteiger partial charge in [-0.15, -0.1) is 0 Å². The normalized spacial score (nSPS) is 14.5. The van der Waals surface area contributed by atoms with Crippen molar-refractivity contribution < 1.29 is 9.53 Å². The summed E-state index contributed by atoms with van der Waals surface area (Å²) in [6.45, 7) is 3.94. The second kappa shape index (κ2) is 6.97. The first kappa shape index (κ1) is 18.0. The van der Waals surface area contributed by atoms with E-state index in [-0.39, 0.29) is 11.9 Å². The van der Waals surface area contributed by atoms with E-state index in [1.165, 1.54) is 7.11 Å². The van der Waals surface area contributed by atoms with Gasteiger partial charge in [-0.1, -0.05) is 12.1 Å². The Kier molecular flexibility index (Phi) is 4.47. The molecule has 0 radical (unpaired) electrons. The Hall–Kier alpha value is -3.40. The monoisotopic (exact) mass is 375 g/mol. The Morgan fingerprint density at radius 3 is 2.89 bits per heavy atom. The van der Waals surface area contributed by atoms with Gasteiger partial charge in [-0.25, -0.2) is 9.97 Å². The summed E-state index contributed by atoms with van der Waals surface area (Å²) in [4.78, 5) is 21.7. The molecule has 28 heavy (non-hydrogen) atoms. The van der Waals surface area contributed by atoms with Gasteiger partial charge in [-0.05, 0) is 44.7 Å². The first-order chi connectivity index (χ1) is 13.5. The third kappa shape index (κ3) is 3.07. The van der Waals surface area contributed by atoms with Crippen molar-refractivity contribution in [2.75, 3.05) is 7.11 Å². The summed E-state index contributed by atoms with van der Waals surface area (Å²) in [7, 11) is 1.53. The van der Waals surface area contributed by atoms with E-state index in [1.807, 2.05) is 32.0 Å². The molecule has 4 rings (SSSR count). The lowest BCUT2D eigenvalue weighted by Crippen LogP contribution is -2.34. The Morgan fingerprint density at radius 2 is 2.21 bits per heavy atom. The summed E-state index contributed by atoms with van der Waals surface area (Å²) >= 11 is 0. The van der Waals surface area contributed by atoms with E-state index in [4.69, 9.17) is 4.74 Å². The van der Waals surface area contributed by atoms with Crippen LogP contribution in [0, 0.1) is 24.2 Å². The minimum Gasteiger partial charge on any atom is -0.495 e. The Morgan fingerprint density at radius 1 is 1.43 bits per heavy atom. The lowest BCUT2D eigenvalue weighted by atomic mass is 10.0. The minimum atomic E-state index is -0.225. The number of carbonyl (C=O) groups is 1. The number of methoxy groups -OCH3 is 1. The topological polar surface area (TPSA) is 92.3 Å². The van der Waals surface area contributed by atoms with Crippen molar-refractivity contribution in [3.8, 4) is 23.1 Å². The largest absolute Gasteiger partial charge is 0.495 e. The highest BCUT2D eigenvalue weighted by molar-refractivity contribution is 5.98. The maximum Gasteiger partial charge on any atom is 0.274 e. The number of hydrogen-bond donors (Lipinski definition) is 1. The number of aromatic nitrogens is 3. The molecule has 1 aliphatic rings. The van der Waals surface area contributed by atoms with Crippen LogP contribution in [0.2, 0.25) is 0 Å². The summed E-state index contributed by atoms with van der Waals surface area (Å²) < 4.78 is 7.09. The molecule has 0 aliphatic heterocycles. The predicted octanol–water partition coefficient (Wildman–Crippen LogP) is 3.11. The molecule has 1 aromatic carbocycles. The smallest absolute Gasteiger partial charge is 0.274 e. The molecule has 7 heteroatoms. The molecular formula is C21H21N5O2. The second-order valence-electron chi connectivity index (χ2n) is 7.16. The predicted molar refractivity (Wildman–Crippen MR) is 104 cm³/mol. The first-order valence-electron chi connectivity index (χ1n) is 9.26. The van der Waals surface area contributed by atoms with E-state index in [0.29, 0.717) is 39.8 Å². The Labute approximate surface area is 163 Å². The van der Waals surface area contributed by atoms with Gasteiger partial charge in [0.15, 0.2) is 11.3 Å². The lowest BCUT2D eigenvalue weighted by molar-refractivity contribution is 0.0933. The van der Waals surface area contributed by atoms with Crippen molar-refractivity contribution in [3.05, 3.63) is 47.5 Å². The van der Waals surface area contributed by atoms with Crippen LogP contribution >= 0.6 is 0 Å². The van der Waals surface area contributed by atoms with Crippen molar-refractivity contribution in [1.82, 2.24) is 19.7 Å². The van der Waals surface area contributed by atoms with Crippen LogP contribution in [0.5, 0.6) is 5.75 Å². The summed E-state index contributed by atoms with van der Waals surface area (Å²) in [6, 6.07) is 9.57. The van der Waals surface area contributed by atoms with Crippen molar-refractivity contribution in [3.63, 3.8) is 0 Å². The maximum absolute atomic E-state index is 12.7. The van der Waals surface area contributed by atoms with Crippen molar-refractivity contribution in [2.24, 2.45) is 5.92 Å². The molecule has 1 atom stereocenters. The summed E-state index contributed by atoms with van der Waals surface area (Å²) in [5.74, 6) is 0.819. The van der Waals surface area contributed by atoms with Gasteiger partial charge in [0.2, 0.25) is 0 Å². The number of ether oxygens (including phenoxy) is 1. The number of fused-ring (bicyclic) bond motifs is 1. The third-order valence-corrected chi connectivity index (χ3v) is 5.23.